The lowest BCUT2D eigenvalue weighted by atomic mass is 9.89. The molecule has 0 radical (unpaired) electrons. The van der Waals surface area contributed by atoms with Crippen LogP contribution in [-0.4, -0.2) is 35.7 Å². The summed E-state index contributed by atoms with van der Waals surface area (Å²) in [6.45, 7) is 0. The van der Waals surface area contributed by atoms with Crippen LogP contribution in [0.1, 0.15) is 21.5 Å². The number of fused-ring (bicyclic) bond motifs is 5. The van der Waals surface area contributed by atoms with Gasteiger partial charge in [0.25, 0.3) is 0 Å². The number of carbonyl (C=O) groups excluding carboxylic acids is 4. The second kappa shape index (κ2) is 10.5. The third-order valence-corrected chi connectivity index (χ3v) is 8.72. The molecule has 4 unspecified atom stereocenters. The molecular weight excluding hydrogens is 587 g/mol. The Labute approximate surface area is 256 Å². The third-order valence-electron chi connectivity index (χ3n) is 8.18. The van der Waals surface area contributed by atoms with Gasteiger partial charge in [-0.15, -0.1) is 0 Å². The lowest BCUT2D eigenvalue weighted by molar-refractivity contribution is -0.139. The highest BCUT2D eigenvalue weighted by Gasteiger charge is 2.65. The van der Waals surface area contributed by atoms with Gasteiger partial charge in [0.2, 0.25) is 11.8 Å². The Hall–Kier alpha value is -4.72. The van der Waals surface area contributed by atoms with E-state index in [0.29, 0.717) is 16.1 Å². The van der Waals surface area contributed by atoms with Gasteiger partial charge >= 0.3 is 5.97 Å². The van der Waals surface area contributed by atoms with Crippen molar-refractivity contribution in [1.82, 2.24) is 0 Å². The van der Waals surface area contributed by atoms with E-state index in [1.165, 1.54) is 12.1 Å². The average Bonchev–Trinajstić information content (AvgIpc) is 3.50. The molecule has 0 saturated carbocycles. The van der Waals surface area contributed by atoms with Gasteiger partial charge in [0, 0.05) is 21.8 Å². The van der Waals surface area contributed by atoms with Crippen LogP contribution < -0.4 is 14.5 Å². The maximum absolute atomic E-state index is 14.0. The third kappa shape index (κ3) is 4.44. The van der Waals surface area contributed by atoms with E-state index >= 15 is 0 Å². The number of ketones is 1. The Morgan fingerprint density at radius 2 is 1.40 bits per heavy atom. The Kier molecular flexibility index (Phi) is 6.64. The molecule has 43 heavy (non-hydrogen) atoms. The maximum atomic E-state index is 14.0. The molecular formula is C34H22Cl2N2O5. The predicted octanol–water partition coefficient (Wildman–Crippen LogP) is 6.22. The van der Waals surface area contributed by atoms with Gasteiger partial charge in [0.1, 0.15) is 11.8 Å². The van der Waals surface area contributed by atoms with Crippen molar-refractivity contribution in [3.05, 3.63) is 130 Å². The van der Waals surface area contributed by atoms with E-state index in [2.05, 4.69) is 0 Å². The van der Waals surface area contributed by atoms with Crippen LogP contribution in [0, 0.1) is 11.8 Å². The van der Waals surface area contributed by atoms with E-state index in [4.69, 9.17) is 27.9 Å². The van der Waals surface area contributed by atoms with Crippen molar-refractivity contribution < 1.29 is 23.9 Å². The maximum Gasteiger partial charge on any atom is 0.335 e. The minimum Gasteiger partial charge on any atom is -0.425 e. The van der Waals surface area contributed by atoms with Gasteiger partial charge in [-0.3, -0.25) is 14.4 Å². The number of imide groups is 1. The normalized spacial score (nSPS) is 21.8. The molecule has 4 aromatic rings. The number of carbonyl (C=O) groups is 4. The first-order valence-electron chi connectivity index (χ1n) is 13.6. The molecule has 3 aliphatic rings. The Morgan fingerprint density at radius 1 is 0.721 bits per heavy atom. The summed E-state index contributed by atoms with van der Waals surface area (Å²) in [5, 5.41) is 0.517. The monoisotopic (exact) mass is 608 g/mol. The molecule has 7 nitrogen and oxygen atoms in total. The average molecular weight is 609 g/mol. The number of hydrogen-bond donors (Lipinski definition) is 0. The van der Waals surface area contributed by atoms with Crippen molar-refractivity contribution in [2.75, 3.05) is 9.80 Å². The highest BCUT2D eigenvalue weighted by molar-refractivity contribution is 6.38. The number of hydrogen-bond acceptors (Lipinski definition) is 6. The van der Waals surface area contributed by atoms with E-state index in [1.807, 2.05) is 47.4 Å². The highest BCUT2D eigenvalue weighted by atomic mass is 35.5. The summed E-state index contributed by atoms with van der Waals surface area (Å²) in [6.07, 6.45) is 3.76. The first-order valence-corrected chi connectivity index (χ1v) is 14.4. The number of benzene rings is 4. The molecule has 3 aliphatic heterocycles. The zero-order chi connectivity index (χ0) is 29.8. The summed E-state index contributed by atoms with van der Waals surface area (Å²) in [5.41, 5.74) is 2.79. The fraction of sp³-hybridized carbons (Fsp3) is 0.118. The Morgan fingerprint density at radius 3 is 2.14 bits per heavy atom. The van der Waals surface area contributed by atoms with E-state index in [0.717, 1.165) is 16.2 Å². The number of amides is 2. The van der Waals surface area contributed by atoms with E-state index in [9.17, 15) is 19.2 Å². The van der Waals surface area contributed by atoms with Gasteiger partial charge in [-0.25, -0.2) is 9.69 Å². The summed E-state index contributed by atoms with van der Waals surface area (Å²) in [7, 11) is 0. The lowest BCUT2D eigenvalue weighted by Crippen LogP contribution is -2.50. The lowest BCUT2D eigenvalue weighted by Gasteiger charge is -2.36. The first kappa shape index (κ1) is 27.1. The second-order valence-electron chi connectivity index (χ2n) is 10.6. The number of rotatable bonds is 5. The molecule has 2 saturated heterocycles. The van der Waals surface area contributed by atoms with E-state index in [1.54, 1.807) is 54.6 Å². The smallest absolute Gasteiger partial charge is 0.335 e. The zero-order valence-corrected chi connectivity index (χ0v) is 23.9. The summed E-state index contributed by atoms with van der Waals surface area (Å²) in [6, 6.07) is 25.5. The Balaban J connectivity index is 1.23. The molecule has 4 aromatic carbocycles. The number of ether oxygens (including phenoxy) is 1. The minimum absolute atomic E-state index is 0.153. The minimum atomic E-state index is -1.10. The molecule has 3 heterocycles. The van der Waals surface area contributed by atoms with Crippen molar-refractivity contribution in [3.8, 4) is 5.75 Å². The molecule has 7 rings (SSSR count). The fourth-order valence-electron chi connectivity index (χ4n) is 6.29. The summed E-state index contributed by atoms with van der Waals surface area (Å²) < 4.78 is 5.83. The van der Waals surface area contributed by atoms with Crippen molar-refractivity contribution >= 4 is 64.2 Å². The zero-order valence-electron chi connectivity index (χ0n) is 22.4. The van der Waals surface area contributed by atoms with Gasteiger partial charge in [0.15, 0.2) is 5.78 Å². The molecule has 0 N–H and O–H groups in total. The van der Waals surface area contributed by atoms with Crippen LogP contribution in [-0.2, 0) is 14.4 Å². The molecule has 2 fully saturated rings. The van der Waals surface area contributed by atoms with E-state index in [-0.39, 0.29) is 22.2 Å². The molecule has 212 valence electrons. The standard InChI is InChI=1S/C34H22Cl2N2O5/c35-22-13-17-26(24(36)18-22)38-32(40)28-27-16-12-19-6-4-5-9-25(19)37(27)30(29(28)33(38)41)34(42)43-23-14-10-21(11-15-23)31(39)20-7-2-1-3-8-20/h1-18,27-30H. The Bertz CT molecular complexity index is 1840. The van der Waals surface area contributed by atoms with Crippen molar-refractivity contribution in [2.45, 2.75) is 12.1 Å². The highest BCUT2D eigenvalue weighted by Crippen LogP contribution is 2.50. The van der Waals surface area contributed by atoms with Crippen molar-refractivity contribution in [3.63, 3.8) is 0 Å². The molecule has 0 bridgehead atoms. The van der Waals surface area contributed by atoms with Crippen LogP contribution in [0.2, 0.25) is 10.0 Å². The van der Waals surface area contributed by atoms with Crippen LogP contribution >= 0.6 is 23.2 Å². The number of para-hydroxylation sites is 1. The van der Waals surface area contributed by atoms with Gasteiger partial charge in [-0.1, -0.05) is 83.9 Å². The largest absolute Gasteiger partial charge is 0.425 e. The molecule has 0 aromatic heterocycles. The van der Waals surface area contributed by atoms with Crippen LogP contribution in [0.15, 0.2) is 103 Å². The van der Waals surface area contributed by atoms with Gasteiger partial charge in [-0.05, 0) is 54.1 Å². The SMILES string of the molecule is O=C(c1ccccc1)c1ccc(OC(=O)C2C3C(=O)N(c4ccc(Cl)cc4Cl)C(=O)C3C3C=Cc4ccccc4N32)cc1. The van der Waals surface area contributed by atoms with Gasteiger partial charge in [-0.2, -0.15) is 0 Å². The van der Waals surface area contributed by atoms with Crippen LogP contribution in [0.3, 0.4) is 0 Å². The molecule has 2 amide bonds. The van der Waals surface area contributed by atoms with Crippen LogP contribution in [0.25, 0.3) is 6.08 Å². The van der Waals surface area contributed by atoms with Gasteiger partial charge in [0.05, 0.1) is 28.6 Å². The van der Waals surface area contributed by atoms with Crippen LogP contribution in [0.4, 0.5) is 11.4 Å². The fourth-order valence-corrected chi connectivity index (χ4v) is 6.78. The quantitative estimate of drug-likeness (QED) is 0.116. The molecule has 0 spiro atoms. The van der Waals surface area contributed by atoms with Crippen molar-refractivity contribution in [2.24, 2.45) is 11.8 Å². The van der Waals surface area contributed by atoms with Gasteiger partial charge < -0.3 is 9.64 Å². The van der Waals surface area contributed by atoms with Crippen molar-refractivity contribution in [1.29, 1.82) is 0 Å². The molecule has 4 atom stereocenters. The second-order valence-corrected chi connectivity index (χ2v) is 11.4. The summed E-state index contributed by atoms with van der Waals surface area (Å²) in [4.78, 5) is 57.6. The number of halogens is 2. The topological polar surface area (TPSA) is 84.0 Å². The molecule has 9 heteroatoms. The molecule has 0 aliphatic carbocycles. The number of nitrogens with zero attached hydrogens (tertiary/aromatic N) is 2. The summed E-state index contributed by atoms with van der Waals surface area (Å²) in [5.74, 6) is -3.48. The van der Waals surface area contributed by atoms with E-state index < -0.39 is 41.7 Å². The summed E-state index contributed by atoms with van der Waals surface area (Å²) >= 11 is 12.5. The van der Waals surface area contributed by atoms with Crippen LogP contribution in [0.5, 0.6) is 5.75 Å². The predicted molar refractivity (Wildman–Crippen MR) is 163 cm³/mol. The number of esters is 1. The number of anilines is 2. The first-order chi connectivity index (χ1) is 20.8.